The fourth-order valence-corrected chi connectivity index (χ4v) is 6.20. The molecule has 13 heteroatoms. The number of nitrogens with one attached hydrogen (secondary N) is 4. The Kier molecular flexibility index (Phi) is 17.5. The lowest BCUT2D eigenvalue weighted by Gasteiger charge is -2.28. The molecule has 2 rings (SSSR count). The number of esters is 1. The molecule has 1 fully saturated rings. The predicted molar refractivity (Wildman–Crippen MR) is 197 cm³/mol. The van der Waals surface area contributed by atoms with Crippen LogP contribution in [0.2, 0.25) is 0 Å². The molecule has 4 amide bonds. The fraction of sp³-hybridized carbons (Fsp3) is 0.737. The number of allylic oxidation sites excluding steroid dienone is 2. The van der Waals surface area contributed by atoms with E-state index in [4.69, 9.17) is 10.5 Å². The highest BCUT2D eigenvalue weighted by Gasteiger charge is 2.31. The topological polar surface area (TPSA) is 186 Å². The van der Waals surface area contributed by atoms with E-state index >= 15 is 0 Å². The van der Waals surface area contributed by atoms with E-state index in [2.05, 4.69) is 42.4 Å². The number of hydrogen-bond donors (Lipinski definition) is 5. The van der Waals surface area contributed by atoms with E-state index in [1.807, 2.05) is 13.8 Å². The Labute approximate surface area is 304 Å². The zero-order valence-corrected chi connectivity index (χ0v) is 32.3. The minimum atomic E-state index is -1.04. The van der Waals surface area contributed by atoms with E-state index < -0.39 is 47.2 Å². The van der Waals surface area contributed by atoms with Crippen molar-refractivity contribution >= 4 is 35.4 Å². The van der Waals surface area contributed by atoms with Crippen LogP contribution in [0.4, 0.5) is 0 Å². The van der Waals surface area contributed by atoms with Crippen LogP contribution in [0.5, 0.6) is 0 Å². The molecule has 0 heterocycles. The van der Waals surface area contributed by atoms with Crippen molar-refractivity contribution in [1.82, 2.24) is 21.3 Å². The molecule has 0 saturated heterocycles. The molecule has 2 aliphatic rings. The SMILES string of the molecule is CC[C@H](C)[C@H](NC(=O)CC[C@@H](CC1CCCCC1)NC(=O)CNC(=O)C(N)CC1=CC(=O)C(C(=O)OC(C)(C)C)C=C1)C(=O)NCC[N+](C)(C)C. The van der Waals surface area contributed by atoms with Crippen molar-refractivity contribution in [3.8, 4) is 0 Å². The number of ketones is 1. The first-order chi connectivity index (χ1) is 23.8. The Bertz CT molecular complexity index is 1280. The maximum absolute atomic E-state index is 13.1. The number of hydrogen-bond acceptors (Lipinski definition) is 8. The van der Waals surface area contributed by atoms with Crippen molar-refractivity contribution in [3.05, 3.63) is 23.8 Å². The highest BCUT2D eigenvalue weighted by atomic mass is 16.6. The summed E-state index contributed by atoms with van der Waals surface area (Å²) in [5.74, 6) is -3.13. The number of quaternary nitrogens is 1. The average Bonchev–Trinajstić information content (AvgIpc) is 3.03. The van der Waals surface area contributed by atoms with Crippen molar-refractivity contribution in [2.75, 3.05) is 40.8 Å². The molecule has 5 atom stereocenters. The van der Waals surface area contributed by atoms with Gasteiger partial charge in [-0.1, -0.05) is 64.5 Å². The van der Waals surface area contributed by atoms with Gasteiger partial charge in [0.15, 0.2) is 5.78 Å². The molecule has 1 saturated carbocycles. The third-order valence-electron chi connectivity index (χ3n) is 9.33. The van der Waals surface area contributed by atoms with E-state index in [1.54, 1.807) is 26.8 Å². The Hall–Kier alpha value is -3.58. The van der Waals surface area contributed by atoms with Gasteiger partial charge in [-0.3, -0.25) is 28.8 Å². The van der Waals surface area contributed by atoms with Crippen LogP contribution in [0.25, 0.3) is 0 Å². The molecule has 0 spiro atoms. The first-order valence-electron chi connectivity index (χ1n) is 18.6. The molecule has 13 nitrogen and oxygen atoms in total. The summed E-state index contributed by atoms with van der Waals surface area (Å²) in [6.45, 7) is 10.1. The van der Waals surface area contributed by atoms with E-state index in [9.17, 15) is 28.8 Å². The van der Waals surface area contributed by atoms with E-state index in [0.29, 0.717) is 28.9 Å². The molecule has 0 aromatic heterocycles. The molecule has 0 aliphatic heterocycles. The molecule has 0 aromatic carbocycles. The molecule has 288 valence electrons. The van der Waals surface area contributed by atoms with Crippen molar-refractivity contribution in [3.63, 3.8) is 0 Å². The number of nitrogens with two attached hydrogens (primary N) is 1. The first-order valence-corrected chi connectivity index (χ1v) is 18.6. The van der Waals surface area contributed by atoms with Gasteiger partial charge >= 0.3 is 5.97 Å². The van der Waals surface area contributed by atoms with Gasteiger partial charge in [0, 0.05) is 12.5 Å². The van der Waals surface area contributed by atoms with E-state index in [1.165, 1.54) is 18.6 Å². The number of likely N-dealkylation sites (N-methyl/N-ethyl adjacent to an activating group) is 1. The highest BCUT2D eigenvalue weighted by Crippen LogP contribution is 2.28. The lowest BCUT2D eigenvalue weighted by molar-refractivity contribution is -0.869. The highest BCUT2D eigenvalue weighted by molar-refractivity contribution is 6.08. The lowest BCUT2D eigenvalue weighted by atomic mass is 9.84. The maximum Gasteiger partial charge on any atom is 0.321 e. The van der Waals surface area contributed by atoms with Crippen LogP contribution >= 0.6 is 0 Å². The van der Waals surface area contributed by atoms with Gasteiger partial charge in [-0.05, 0) is 63.5 Å². The normalized spacial score (nSPS) is 19.2. The summed E-state index contributed by atoms with van der Waals surface area (Å²) in [4.78, 5) is 76.9. The standard InChI is InChI=1S/C38H64N6O7/c1-9-25(2)34(36(49)40-19-20-44(6,7)8)43-32(46)18-16-28(21-26-13-11-10-12-14-26)42-33(47)24-41-35(48)30(39)22-27-15-17-29(31(45)23-27)37(50)51-38(3,4)5/h15,17,23,25-26,28-30,34H,9-14,16,18-22,24,39H2,1-8H3,(H3-,40,41,42,43,46,47,48,49)/p+1/t25-,28-,29?,30?,34-/m0/s1. The predicted octanol–water partition coefficient (Wildman–Crippen LogP) is 2.43. The Balaban J connectivity index is 1.93. The quantitative estimate of drug-likeness (QED) is 0.0766. The van der Waals surface area contributed by atoms with Crippen LogP contribution in [0.1, 0.15) is 98.8 Å². The van der Waals surface area contributed by atoms with E-state index in [-0.39, 0.29) is 43.2 Å². The third kappa shape index (κ3) is 17.0. The van der Waals surface area contributed by atoms with Crippen molar-refractivity contribution in [2.24, 2.45) is 23.5 Å². The Morgan fingerprint density at radius 3 is 2.24 bits per heavy atom. The van der Waals surface area contributed by atoms with Crippen molar-refractivity contribution in [1.29, 1.82) is 0 Å². The van der Waals surface area contributed by atoms with Gasteiger partial charge in [0.05, 0.1) is 46.8 Å². The van der Waals surface area contributed by atoms with Crippen LogP contribution in [0, 0.1) is 17.8 Å². The van der Waals surface area contributed by atoms with Crippen molar-refractivity contribution in [2.45, 2.75) is 123 Å². The van der Waals surface area contributed by atoms with Gasteiger partial charge in [-0.25, -0.2) is 0 Å². The molecular weight excluding hydrogens is 652 g/mol. The number of carbonyl (C=O) groups excluding carboxylic acids is 6. The number of carbonyl (C=O) groups is 6. The number of amides is 4. The van der Waals surface area contributed by atoms with Crippen LogP contribution in [0.15, 0.2) is 23.8 Å². The summed E-state index contributed by atoms with van der Waals surface area (Å²) in [7, 11) is 6.15. The lowest BCUT2D eigenvalue weighted by Crippen LogP contribution is -2.52. The third-order valence-corrected chi connectivity index (χ3v) is 9.33. The second-order valence-corrected chi connectivity index (χ2v) is 16.3. The minimum absolute atomic E-state index is 0.0433. The van der Waals surface area contributed by atoms with Gasteiger partial charge in [0.25, 0.3) is 0 Å². The summed E-state index contributed by atoms with van der Waals surface area (Å²) in [5.41, 5.74) is 5.87. The van der Waals surface area contributed by atoms with Gasteiger partial charge in [0.2, 0.25) is 23.6 Å². The molecule has 0 bridgehead atoms. The van der Waals surface area contributed by atoms with Crippen LogP contribution in [-0.2, 0) is 33.5 Å². The molecule has 2 unspecified atom stereocenters. The van der Waals surface area contributed by atoms with Gasteiger partial charge in [-0.2, -0.15) is 0 Å². The van der Waals surface area contributed by atoms with Gasteiger partial charge < -0.3 is 36.2 Å². The summed E-state index contributed by atoms with van der Waals surface area (Å²) in [5, 5.41) is 11.5. The maximum atomic E-state index is 13.1. The molecule has 0 radical (unpaired) electrons. The number of ether oxygens (including phenoxy) is 1. The van der Waals surface area contributed by atoms with Crippen LogP contribution < -0.4 is 27.0 Å². The fourth-order valence-electron chi connectivity index (χ4n) is 6.20. The van der Waals surface area contributed by atoms with Crippen LogP contribution in [-0.4, -0.2) is 104 Å². The second-order valence-electron chi connectivity index (χ2n) is 16.3. The van der Waals surface area contributed by atoms with E-state index in [0.717, 1.165) is 45.1 Å². The monoisotopic (exact) mass is 717 g/mol. The van der Waals surface area contributed by atoms with Crippen molar-refractivity contribution < 1.29 is 38.0 Å². The summed E-state index contributed by atoms with van der Waals surface area (Å²) in [6, 6.07) is -1.95. The second kappa shape index (κ2) is 20.5. The average molecular weight is 718 g/mol. The number of nitrogens with zero attached hydrogens (tertiary/aromatic N) is 1. The molecule has 6 N–H and O–H groups in total. The first kappa shape index (κ1) is 43.6. The molecule has 51 heavy (non-hydrogen) atoms. The summed E-state index contributed by atoms with van der Waals surface area (Å²) < 4.78 is 6.02. The molecular formula is C38H65N6O7+. The van der Waals surface area contributed by atoms with Crippen LogP contribution in [0.3, 0.4) is 0 Å². The summed E-state index contributed by atoms with van der Waals surface area (Å²) in [6.07, 6.45) is 12.0. The largest absolute Gasteiger partial charge is 0.459 e. The van der Waals surface area contributed by atoms with Gasteiger partial charge in [-0.15, -0.1) is 0 Å². The Morgan fingerprint density at radius 1 is 0.980 bits per heavy atom. The molecule has 2 aliphatic carbocycles. The summed E-state index contributed by atoms with van der Waals surface area (Å²) >= 11 is 0. The zero-order valence-electron chi connectivity index (χ0n) is 32.3. The Morgan fingerprint density at radius 2 is 1.65 bits per heavy atom. The smallest absolute Gasteiger partial charge is 0.321 e. The minimum Gasteiger partial charge on any atom is -0.459 e. The molecule has 0 aromatic rings. The number of rotatable bonds is 19. The zero-order chi connectivity index (χ0) is 38.4. The van der Waals surface area contributed by atoms with Gasteiger partial charge in [0.1, 0.15) is 17.6 Å².